The van der Waals surface area contributed by atoms with Crippen molar-refractivity contribution >= 4 is 16.6 Å². The molecule has 0 aliphatic heterocycles. The highest BCUT2D eigenvalue weighted by molar-refractivity contribution is 5.90. The van der Waals surface area contributed by atoms with E-state index in [1.165, 1.54) is 6.07 Å². The van der Waals surface area contributed by atoms with Crippen LogP contribution in [0.2, 0.25) is 0 Å². The molecule has 0 fully saturated rings. The molecular weight excluding hydrogens is 239 g/mol. The summed E-state index contributed by atoms with van der Waals surface area (Å²) < 4.78 is 15.4. The lowest BCUT2D eigenvalue weighted by atomic mass is 10.1. The van der Waals surface area contributed by atoms with E-state index in [4.69, 9.17) is 5.73 Å². The zero-order valence-electron chi connectivity index (χ0n) is 10.7. The molecule has 1 aromatic heterocycles. The van der Waals surface area contributed by atoms with Crippen molar-refractivity contribution in [2.45, 2.75) is 13.5 Å². The van der Waals surface area contributed by atoms with Crippen LogP contribution in [0.25, 0.3) is 10.9 Å². The van der Waals surface area contributed by atoms with Gasteiger partial charge in [0.15, 0.2) is 0 Å². The molecule has 2 N–H and O–H groups in total. The van der Waals surface area contributed by atoms with Gasteiger partial charge in [-0.15, -0.1) is 0 Å². The van der Waals surface area contributed by atoms with E-state index in [0.717, 1.165) is 27.7 Å². The van der Waals surface area contributed by atoms with E-state index in [-0.39, 0.29) is 5.82 Å². The van der Waals surface area contributed by atoms with Gasteiger partial charge in [0.25, 0.3) is 0 Å². The Kier molecular flexibility index (Phi) is 2.75. The monoisotopic (exact) mass is 254 g/mol. The number of benzene rings is 2. The van der Waals surface area contributed by atoms with E-state index in [9.17, 15) is 4.39 Å². The van der Waals surface area contributed by atoms with Gasteiger partial charge in [0, 0.05) is 18.1 Å². The second-order valence-electron chi connectivity index (χ2n) is 4.80. The fraction of sp³-hybridized carbons (Fsp3) is 0.125. The molecule has 3 heteroatoms. The van der Waals surface area contributed by atoms with Gasteiger partial charge in [0.05, 0.1) is 11.2 Å². The molecule has 1 heterocycles. The zero-order chi connectivity index (χ0) is 13.4. The molecule has 0 radical (unpaired) electrons. The van der Waals surface area contributed by atoms with Crippen LogP contribution in [-0.4, -0.2) is 4.57 Å². The Morgan fingerprint density at radius 2 is 2.00 bits per heavy atom. The lowest BCUT2D eigenvalue weighted by Crippen LogP contribution is -2.02. The van der Waals surface area contributed by atoms with Gasteiger partial charge in [0.1, 0.15) is 5.82 Å². The van der Waals surface area contributed by atoms with Crippen LogP contribution in [0.1, 0.15) is 11.1 Å². The number of anilines is 1. The Labute approximate surface area is 111 Å². The van der Waals surface area contributed by atoms with Crippen molar-refractivity contribution in [3.8, 4) is 0 Å². The molecular formula is C16H15FN2. The highest BCUT2D eigenvalue weighted by Crippen LogP contribution is 2.23. The van der Waals surface area contributed by atoms with E-state index in [2.05, 4.69) is 4.57 Å². The number of nitrogens with two attached hydrogens (primary N) is 1. The van der Waals surface area contributed by atoms with Crippen molar-refractivity contribution in [3.05, 3.63) is 65.6 Å². The number of halogens is 1. The number of aryl methyl sites for hydroxylation is 1. The fourth-order valence-electron chi connectivity index (χ4n) is 2.42. The largest absolute Gasteiger partial charge is 0.397 e. The molecule has 0 saturated carbocycles. The fourth-order valence-corrected chi connectivity index (χ4v) is 2.42. The number of para-hydroxylation sites is 1. The Balaban J connectivity index is 2.08. The molecule has 3 rings (SSSR count). The predicted molar refractivity (Wildman–Crippen MR) is 76.6 cm³/mol. The minimum atomic E-state index is -0.204. The maximum atomic E-state index is 13.3. The second kappa shape index (κ2) is 4.43. The van der Waals surface area contributed by atoms with E-state index in [1.54, 1.807) is 12.1 Å². The number of hydrogen-bond donors (Lipinski definition) is 1. The first-order valence-electron chi connectivity index (χ1n) is 6.23. The van der Waals surface area contributed by atoms with Crippen molar-refractivity contribution < 1.29 is 4.39 Å². The van der Waals surface area contributed by atoms with Crippen molar-refractivity contribution in [1.82, 2.24) is 4.57 Å². The third kappa shape index (κ3) is 2.08. The normalized spacial score (nSPS) is 11.1. The molecule has 2 aromatic carbocycles. The van der Waals surface area contributed by atoms with Crippen molar-refractivity contribution in [1.29, 1.82) is 0 Å². The summed E-state index contributed by atoms with van der Waals surface area (Å²) in [4.78, 5) is 0. The smallest absolute Gasteiger partial charge is 0.123 e. The summed E-state index contributed by atoms with van der Waals surface area (Å²) in [7, 11) is 0. The molecule has 96 valence electrons. The maximum Gasteiger partial charge on any atom is 0.123 e. The first kappa shape index (κ1) is 11.8. The summed E-state index contributed by atoms with van der Waals surface area (Å²) in [5.74, 6) is -0.204. The van der Waals surface area contributed by atoms with Crippen LogP contribution in [0.15, 0.2) is 48.7 Å². The zero-order valence-corrected chi connectivity index (χ0v) is 10.7. The lowest BCUT2D eigenvalue weighted by molar-refractivity contribution is 0.623. The standard InChI is InChI=1S/C16H15FN2/c1-11-5-6-14(17)9-13(11)10-19-8-7-12-3-2-4-15(18)16(12)19/h2-9H,10,18H2,1H3. The number of nitrogen functional groups attached to an aromatic ring is 1. The van der Waals surface area contributed by atoms with Crippen molar-refractivity contribution in [2.75, 3.05) is 5.73 Å². The highest BCUT2D eigenvalue weighted by Gasteiger charge is 2.07. The topological polar surface area (TPSA) is 30.9 Å². The molecule has 0 aliphatic carbocycles. The molecule has 3 aromatic rings. The van der Waals surface area contributed by atoms with E-state index < -0.39 is 0 Å². The van der Waals surface area contributed by atoms with Crippen LogP contribution in [0.3, 0.4) is 0 Å². The second-order valence-corrected chi connectivity index (χ2v) is 4.80. The Bertz CT molecular complexity index is 744. The Morgan fingerprint density at radius 3 is 2.84 bits per heavy atom. The van der Waals surface area contributed by atoms with E-state index in [0.29, 0.717) is 6.54 Å². The molecule has 0 amide bonds. The molecule has 0 saturated heterocycles. The molecule has 0 spiro atoms. The summed E-state index contributed by atoms with van der Waals surface area (Å²) in [6.07, 6.45) is 1.99. The van der Waals surface area contributed by atoms with Gasteiger partial charge in [-0.2, -0.15) is 0 Å². The van der Waals surface area contributed by atoms with Gasteiger partial charge in [0.2, 0.25) is 0 Å². The van der Waals surface area contributed by atoms with Crippen molar-refractivity contribution in [3.63, 3.8) is 0 Å². The van der Waals surface area contributed by atoms with Gasteiger partial charge in [-0.25, -0.2) is 4.39 Å². The number of rotatable bonds is 2. The summed E-state index contributed by atoms with van der Waals surface area (Å²) in [6.45, 7) is 2.62. The van der Waals surface area contributed by atoms with Crippen LogP contribution < -0.4 is 5.73 Å². The van der Waals surface area contributed by atoms with Crippen LogP contribution >= 0.6 is 0 Å². The average molecular weight is 254 g/mol. The number of nitrogens with zero attached hydrogens (tertiary/aromatic N) is 1. The predicted octanol–water partition coefficient (Wildman–Crippen LogP) is 3.72. The third-order valence-corrected chi connectivity index (χ3v) is 3.47. The van der Waals surface area contributed by atoms with Gasteiger partial charge in [-0.3, -0.25) is 0 Å². The average Bonchev–Trinajstić information content (AvgIpc) is 2.79. The SMILES string of the molecule is Cc1ccc(F)cc1Cn1ccc2cccc(N)c21. The van der Waals surface area contributed by atoms with Gasteiger partial charge >= 0.3 is 0 Å². The molecule has 2 nitrogen and oxygen atoms in total. The maximum absolute atomic E-state index is 13.3. The Hall–Kier alpha value is -2.29. The third-order valence-electron chi connectivity index (χ3n) is 3.47. The van der Waals surface area contributed by atoms with Crippen LogP contribution in [-0.2, 0) is 6.54 Å². The Morgan fingerprint density at radius 1 is 1.16 bits per heavy atom. The van der Waals surface area contributed by atoms with Gasteiger partial charge in [-0.05, 0) is 42.3 Å². The molecule has 0 unspecified atom stereocenters. The number of aromatic nitrogens is 1. The van der Waals surface area contributed by atoms with Crippen LogP contribution in [0, 0.1) is 12.7 Å². The molecule has 0 aliphatic rings. The molecule has 19 heavy (non-hydrogen) atoms. The number of hydrogen-bond acceptors (Lipinski definition) is 1. The van der Waals surface area contributed by atoms with E-state index in [1.807, 2.05) is 37.4 Å². The van der Waals surface area contributed by atoms with Crippen molar-refractivity contribution in [2.24, 2.45) is 0 Å². The minimum absolute atomic E-state index is 0.204. The summed E-state index contributed by atoms with van der Waals surface area (Å²) in [5.41, 5.74) is 9.83. The van der Waals surface area contributed by atoms with Gasteiger partial charge in [-0.1, -0.05) is 18.2 Å². The van der Waals surface area contributed by atoms with Crippen LogP contribution in [0.5, 0.6) is 0 Å². The van der Waals surface area contributed by atoms with Gasteiger partial charge < -0.3 is 10.3 Å². The summed E-state index contributed by atoms with van der Waals surface area (Å²) >= 11 is 0. The van der Waals surface area contributed by atoms with Crippen LogP contribution in [0.4, 0.5) is 10.1 Å². The first-order valence-corrected chi connectivity index (χ1v) is 6.23. The quantitative estimate of drug-likeness (QED) is 0.694. The highest BCUT2D eigenvalue weighted by atomic mass is 19.1. The minimum Gasteiger partial charge on any atom is -0.397 e. The molecule has 0 bridgehead atoms. The summed E-state index contributed by atoms with van der Waals surface area (Å²) in [6, 6.07) is 12.8. The first-order chi connectivity index (χ1) is 9.15. The molecule has 0 atom stereocenters. The van der Waals surface area contributed by atoms with E-state index >= 15 is 0 Å². The lowest BCUT2D eigenvalue weighted by Gasteiger charge is -2.10. The number of fused-ring (bicyclic) bond motifs is 1. The summed E-state index contributed by atoms with van der Waals surface area (Å²) in [5, 5.41) is 1.11.